The van der Waals surface area contributed by atoms with Crippen molar-refractivity contribution in [2.45, 2.75) is 44.6 Å². The smallest absolute Gasteiger partial charge is 0.323 e. The highest BCUT2D eigenvalue weighted by Crippen LogP contribution is 2.28. The van der Waals surface area contributed by atoms with Gasteiger partial charge in [-0.05, 0) is 39.2 Å². The molecule has 0 aromatic carbocycles. The summed E-state index contributed by atoms with van der Waals surface area (Å²) in [5, 5.41) is 17.7. The zero-order valence-electron chi connectivity index (χ0n) is 9.20. The van der Waals surface area contributed by atoms with Crippen LogP contribution in [0, 0.1) is 11.3 Å². The second-order valence-electron chi connectivity index (χ2n) is 4.28. The Balaban J connectivity index is 2.58. The van der Waals surface area contributed by atoms with E-state index in [9.17, 15) is 9.90 Å². The van der Waals surface area contributed by atoms with E-state index >= 15 is 0 Å². The van der Waals surface area contributed by atoms with Crippen molar-refractivity contribution in [3.8, 4) is 6.07 Å². The highest BCUT2D eigenvalue weighted by Gasteiger charge is 2.40. The van der Waals surface area contributed by atoms with Gasteiger partial charge >= 0.3 is 5.97 Å². The standard InChI is InChI=1S/C11H18N2O2/c1-11(10(14)15)6-2-4-8-13(11)9-5-3-7-12/h2-6,8-9H2,1H3,(H,14,15). The van der Waals surface area contributed by atoms with Crippen LogP contribution in [0.5, 0.6) is 0 Å². The Morgan fingerprint density at radius 1 is 1.60 bits per heavy atom. The monoisotopic (exact) mass is 210 g/mol. The van der Waals surface area contributed by atoms with Crippen LogP contribution in [0.4, 0.5) is 0 Å². The molecule has 0 bridgehead atoms. The van der Waals surface area contributed by atoms with Gasteiger partial charge in [-0.1, -0.05) is 0 Å². The normalized spacial score (nSPS) is 27.2. The number of nitriles is 1. The van der Waals surface area contributed by atoms with E-state index in [0.29, 0.717) is 6.42 Å². The quantitative estimate of drug-likeness (QED) is 0.716. The van der Waals surface area contributed by atoms with Gasteiger partial charge < -0.3 is 5.11 Å². The molecule has 1 unspecified atom stereocenters. The van der Waals surface area contributed by atoms with Gasteiger partial charge in [-0.25, -0.2) is 0 Å². The maximum absolute atomic E-state index is 11.2. The van der Waals surface area contributed by atoms with Crippen LogP contribution in [0.3, 0.4) is 0 Å². The maximum atomic E-state index is 11.2. The first-order valence-electron chi connectivity index (χ1n) is 5.46. The maximum Gasteiger partial charge on any atom is 0.323 e. The molecule has 1 heterocycles. The van der Waals surface area contributed by atoms with E-state index in [1.807, 2.05) is 4.90 Å². The topological polar surface area (TPSA) is 64.3 Å². The lowest BCUT2D eigenvalue weighted by Crippen LogP contribution is -2.55. The molecule has 1 aliphatic rings. The average Bonchev–Trinajstić information content (AvgIpc) is 2.21. The number of unbranched alkanes of at least 4 members (excludes halogenated alkanes) is 1. The molecule has 15 heavy (non-hydrogen) atoms. The zero-order chi connectivity index (χ0) is 11.3. The number of carboxylic acid groups (broad SMARTS) is 1. The van der Waals surface area contributed by atoms with Gasteiger partial charge in [0.25, 0.3) is 0 Å². The van der Waals surface area contributed by atoms with Crippen molar-refractivity contribution in [1.29, 1.82) is 5.26 Å². The number of carbonyl (C=O) groups is 1. The Kier molecular flexibility index (Phi) is 4.10. The van der Waals surface area contributed by atoms with Crippen LogP contribution in [0.2, 0.25) is 0 Å². The number of hydrogen-bond acceptors (Lipinski definition) is 3. The van der Waals surface area contributed by atoms with Gasteiger partial charge in [0.15, 0.2) is 0 Å². The second-order valence-corrected chi connectivity index (χ2v) is 4.28. The number of carboxylic acids is 1. The number of likely N-dealkylation sites (tertiary alicyclic amines) is 1. The van der Waals surface area contributed by atoms with E-state index in [0.717, 1.165) is 38.8 Å². The second kappa shape index (κ2) is 5.13. The molecular formula is C11H18N2O2. The van der Waals surface area contributed by atoms with E-state index in [-0.39, 0.29) is 0 Å². The van der Waals surface area contributed by atoms with Gasteiger partial charge in [-0.15, -0.1) is 0 Å². The average molecular weight is 210 g/mol. The van der Waals surface area contributed by atoms with Crippen LogP contribution in [0.15, 0.2) is 0 Å². The van der Waals surface area contributed by atoms with Crippen molar-refractivity contribution in [2.75, 3.05) is 13.1 Å². The Hall–Kier alpha value is -1.08. The summed E-state index contributed by atoms with van der Waals surface area (Å²) in [6.45, 7) is 3.35. The summed E-state index contributed by atoms with van der Waals surface area (Å²) in [4.78, 5) is 13.2. The molecule has 1 saturated heterocycles. The largest absolute Gasteiger partial charge is 0.480 e. The van der Waals surface area contributed by atoms with Crippen LogP contribution in [0.25, 0.3) is 0 Å². The third-order valence-corrected chi connectivity index (χ3v) is 3.22. The first-order chi connectivity index (χ1) is 7.11. The Bertz CT molecular complexity index is 272. The van der Waals surface area contributed by atoms with Gasteiger partial charge in [0.05, 0.1) is 6.07 Å². The van der Waals surface area contributed by atoms with Crippen molar-refractivity contribution in [2.24, 2.45) is 0 Å². The van der Waals surface area contributed by atoms with E-state index in [4.69, 9.17) is 5.26 Å². The van der Waals surface area contributed by atoms with Crippen LogP contribution in [-0.2, 0) is 4.79 Å². The van der Waals surface area contributed by atoms with Crippen LogP contribution >= 0.6 is 0 Å². The molecule has 1 atom stereocenters. The van der Waals surface area contributed by atoms with Crippen molar-refractivity contribution in [3.63, 3.8) is 0 Å². The summed E-state index contributed by atoms with van der Waals surface area (Å²) in [7, 11) is 0. The summed E-state index contributed by atoms with van der Waals surface area (Å²) < 4.78 is 0. The van der Waals surface area contributed by atoms with Crippen LogP contribution in [-0.4, -0.2) is 34.6 Å². The summed E-state index contributed by atoms with van der Waals surface area (Å²) in [5.74, 6) is -0.737. The Morgan fingerprint density at radius 3 is 2.93 bits per heavy atom. The summed E-state index contributed by atoms with van der Waals surface area (Å²) in [5.41, 5.74) is -0.715. The van der Waals surface area contributed by atoms with Gasteiger partial charge in [0.2, 0.25) is 0 Å². The van der Waals surface area contributed by atoms with Crippen molar-refractivity contribution in [3.05, 3.63) is 0 Å². The van der Waals surface area contributed by atoms with E-state index in [1.165, 1.54) is 0 Å². The molecule has 0 amide bonds. The fourth-order valence-corrected chi connectivity index (χ4v) is 2.13. The molecule has 4 heteroatoms. The molecule has 0 aromatic rings. The Labute approximate surface area is 90.5 Å². The van der Waals surface area contributed by atoms with Gasteiger partial charge in [-0.3, -0.25) is 9.69 Å². The fourth-order valence-electron chi connectivity index (χ4n) is 2.13. The lowest BCUT2D eigenvalue weighted by Gasteiger charge is -2.41. The first-order valence-corrected chi connectivity index (χ1v) is 5.46. The third-order valence-electron chi connectivity index (χ3n) is 3.22. The minimum atomic E-state index is -0.737. The van der Waals surface area contributed by atoms with Crippen molar-refractivity contribution in [1.82, 2.24) is 4.90 Å². The fraction of sp³-hybridized carbons (Fsp3) is 0.818. The number of rotatable bonds is 4. The van der Waals surface area contributed by atoms with Gasteiger partial charge in [0.1, 0.15) is 5.54 Å². The highest BCUT2D eigenvalue weighted by molar-refractivity contribution is 5.78. The Morgan fingerprint density at radius 2 is 2.33 bits per heavy atom. The molecular weight excluding hydrogens is 192 g/mol. The molecule has 1 N–H and O–H groups in total. The van der Waals surface area contributed by atoms with Crippen molar-refractivity contribution >= 4 is 5.97 Å². The van der Waals surface area contributed by atoms with Crippen LogP contribution < -0.4 is 0 Å². The molecule has 0 aliphatic carbocycles. The molecule has 1 fully saturated rings. The van der Waals surface area contributed by atoms with Crippen LogP contribution in [0.1, 0.15) is 39.0 Å². The third kappa shape index (κ3) is 2.69. The summed E-state index contributed by atoms with van der Waals surface area (Å²) in [6.07, 6.45) is 4.04. The zero-order valence-corrected chi connectivity index (χ0v) is 9.20. The lowest BCUT2D eigenvalue weighted by molar-refractivity contribution is -0.152. The molecule has 0 spiro atoms. The first kappa shape index (κ1) is 12.0. The van der Waals surface area contributed by atoms with Gasteiger partial charge in [0, 0.05) is 13.0 Å². The summed E-state index contributed by atoms with van der Waals surface area (Å²) >= 11 is 0. The molecule has 4 nitrogen and oxygen atoms in total. The number of aliphatic carboxylic acids is 1. The molecule has 1 aliphatic heterocycles. The molecule has 84 valence electrons. The number of nitrogens with zero attached hydrogens (tertiary/aromatic N) is 2. The predicted octanol–water partition coefficient (Wildman–Crippen LogP) is 1.62. The number of hydrogen-bond donors (Lipinski definition) is 1. The molecule has 0 aromatic heterocycles. The van der Waals surface area contributed by atoms with Crippen molar-refractivity contribution < 1.29 is 9.90 Å². The SMILES string of the molecule is CC1(C(=O)O)CCCCN1CCCC#N. The van der Waals surface area contributed by atoms with E-state index in [2.05, 4.69) is 6.07 Å². The number of piperidine rings is 1. The van der Waals surface area contributed by atoms with E-state index in [1.54, 1.807) is 6.92 Å². The molecule has 1 rings (SSSR count). The van der Waals surface area contributed by atoms with E-state index < -0.39 is 11.5 Å². The predicted molar refractivity (Wildman–Crippen MR) is 56.3 cm³/mol. The van der Waals surface area contributed by atoms with Gasteiger partial charge in [-0.2, -0.15) is 5.26 Å². The summed E-state index contributed by atoms with van der Waals surface area (Å²) in [6, 6.07) is 2.09. The molecule has 0 saturated carbocycles. The lowest BCUT2D eigenvalue weighted by atomic mass is 9.88. The molecule has 0 radical (unpaired) electrons. The highest BCUT2D eigenvalue weighted by atomic mass is 16.4. The minimum Gasteiger partial charge on any atom is -0.480 e. The minimum absolute atomic E-state index is 0.506.